The van der Waals surface area contributed by atoms with Gasteiger partial charge in [0.25, 0.3) is 0 Å². The summed E-state index contributed by atoms with van der Waals surface area (Å²) in [6.45, 7) is 0. The highest BCUT2D eigenvalue weighted by molar-refractivity contribution is 7.30. The van der Waals surface area contributed by atoms with E-state index in [1.165, 1.54) is 11.1 Å². The van der Waals surface area contributed by atoms with Gasteiger partial charge in [-0.25, -0.2) is 0 Å². The molecule has 0 saturated heterocycles. The quantitative estimate of drug-likeness (QED) is 0.483. The van der Waals surface area contributed by atoms with Gasteiger partial charge in [0.15, 0.2) is 11.0 Å². The molecule has 3 heteroatoms. The molecule has 3 aromatic carbocycles. The van der Waals surface area contributed by atoms with Crippen LogP contribution >= 0.6 is 10.9 Å². The smallest absolute Gasteiger partial charge is 0.0622 e. The fourth-order valence-electron chi connectivity index (χ4n) is 2.34. The Morgan fingerprint density at radius 3 is 2.00 bits per heavy atom. The molecule has 0 aliphatic heterocycles. The number of rotatable bonds is 2. The maximum atomic E-state index is 4.77. The second-order valence-electron chi connectivity index (χ2n) is 4.83. The monoisotopic (exact) mass is 289 g/mol. The van der Waals surface area contributed by atoms with Crippen molar-refractivity contribution in [2.24, 2.45) is 0 Å². The van der Waals surface area contributed by atoms with Crippen molar-refractivity contribution in [3.8, 4) is 16.0 Å². The zero-order valence-electron chi connectivity index (χ0n) is 11.3. The highest BCUT2D eigenvalue weighted by Crippen LogP contribution is 2.30. The van der Waals surface area contributed by atoms with Crippen molar-refractivity contribution in [1.29, 1.82) is 0 Å². The van der Waals surface area contributed by atoms with Gasteiger partial charge in [-0.1, -0.05) is 54.6 Å². The summed E-state index contributed by atoms with van der Waals surface area (Å²) in [6.07, 6.45) is 0. The maximum absolute atomic E-state index is 4.77. The third kappa shape index (κ3) is 2.32. The summed E-state index contributed by atoms with van der Waals surface area (Å²) in [6, 6.07) is 26.9. The van der Waals surface area contributed by atoms with Crippen LogP contribution in [0.5, 0.6) is 0 Å². The molecule has 1 heterocycles. The molecule has 1 atom stereocenters. The Hall–Kier alpha value is -2.52. The van der Waals surface area contributed by atoms with Crippen LogP contribution in [0.1, 0.15) is 0 Å². The zero-order chi connectivity index (χ0) is 14.1. The molecule has 0 amide bonds. The van der Waals surface area contributed by atoms with Gasteiger partial charge in [0.05, 0.1) is 0 Å². The number of fused-ring (bicyclic) bond motifs is 1. The van der Waals surface area contributed by atoms with E-state index in [0.717, 1.165) is 15.9 Å². The summed E-state index contributed by atoms with van der Waals surface area (Å²) in [7, 11) is -0.402. The van der Waals surface area contributed by atoms with Crippen molar-refractivity contribution in [1.82, 2.24) is 8.75 Å². The third-order valence-corrected chi connectivity index (χ3v) is 4.84. The van der Waals surface area contributed by atoms with Crippen LogP contribution in [0.3, 0.4) is 0 Å². The van der Waals surface area contributed by atoms with Crippen LogP contribution < -0.4 is 0 Å². The van der Waals surface area contributed by atoms with Gasteiger partial charge in [0.1, 0.15) is 0 Å². The SMILES string of the molecule is c1ccc(-c2ccc3n[s+](-c4ccccc4)nc3c2)cc1. The van der Waals surface area contributed by atoms with Crippen LogP contribution in [0.4, 0.5) is 0 Å². The van der Waals surface area contributed by atoms with Gasteiger partial charge < -0.3 is 0 Å². The second kappa shape index (κ2) is 5.11. The van der Waals surface area contributed by atoms with Gasteiger partial charge in [0.2, 0.25) is 15.8 Å². The summed E-state index contributed by atoms with van der Waals surface area (Å²) < 4.78 is 9.49. The first-order valence-corrected chi connectivity index (χ1v) is 7.96. The molecule has 4 rings (SSSR count). The number of nitrogens with zero attached hydrogens (tertiary/aromatic N) is 2. The van der Waals surface area contributed by atoms with E-state index in [0.29, 0.717) is 0 Å². The first-order chi connectivity index (χ1) is 10.4. The molecule has 0 bridgehead atoms. The average molecular weight is 289 g/mol. The molecule has 1 unspecified atom stereocenters. The van der Waals surface area contributed by atoms with Crippen LogP contribution in [-0.2, 0) is 0 Å². The molecule has 0 fully saturated rings. The van der Waals surface area contributed by atoms with Crippen LogP contribution in [0.2, 0.25) is 0 Å². The van der Waals surface area contributed by atoms with E-state index in [4.69, 9.17) is 8.75 Å². The standard InChI is InChI=1S/C18H13N2S/c1-3-7-14(8-4-1)15-11-12-17-18(13-15)20-21(19-17)16-9-5-2-6-10-16/h1-13H/q+1. The molecule has 0 radical (unpaired) electrons. The first kappa shape index (κ1) is 12.2. The minimum Gasteiger partial charge on any atom is -0.0622 e. The van der Waals surface area contributed by atoms with Crippen LogP contribution in [0.15, 0.2) is 78.9 Å². The molecule has 2 nitrogen and oxygen atoms in total. The largest absolute Gasteiger partial charge is 0.245 e. The summed E-state index contributed by atoms with van der Waals surface area (Å²) in [5.74, 6) is 0. The Kier molecular flexibility index (Phi) is 2.98. The molecule has 0 aliphatic carbocycles. The molecule has 4 aromatic rings. The minimum absolute atomic E-state index is 0.402. The molecule has 0 saturated carbocycles. The zero-order valence-corrected chi connectivity index (χ0v) is 12.1. The molecule has 0 N–H and O–H groups in total. The van der Waals surface area contributed by atoms with E-state index >= 15 is 0 Å². The Bertz CT molecular complexity index is 845. The Morgan fingerprint density at radius 1 is 0.571 bits per heavy atom. The van der Waals surface area contributed by atoms with Gasteiger partial charge in [-0.3, -0.25) is 0 Å². The van der Waals surface area contributed by atoms with Gasteiger partial charge in [-0.15, -0.1) is 0 Å². The van der Waals surface area contributed by atoms with E-state index in [1.54, 1.807) is 0 Å². The molecular formula is C18H13N2S+. The first-order valence-electron chi connectivity index (χ1n) is 6.83. The lowest BCUT2D eigenvalue weighted by Gasteiger charge is -1.98. The number of benzene rings is 3. The maximum Gasteiger partial charge on any atom is 0.245 e. The van der Waals surface area contributed by atoms with Crippen molar-refractivity contribution in [2.75, 3.05) is 0 Å². The van der Waals surface area contributed by atoms with E-state index in [-0.39, 0.29) is 0 Å². The van der Waals surface area contributed by atoms with Crippen molar-refractivity contribution in [3.05, 3.63) is 78.9 Å². The van der Waals surface area contributed by atoms with Gasteiger partial charge >= 0.3 is 0 Å². The highest BCUT2D eigenvalue weighted by Gasteiger charge is 2.17. The Labute approximate surface area is 126 Å². The van der Waals surface area contributed by atoms with E-state index < -0.39 is 10.9 Å². The lowest BCUT2D eigenvalue weighted by atomic mass is 10.1. The fourth-order valence-corrected chi connectivity index (χ4v) is 3.66. The Balaban J connectivity index is 1.82. The van der Waals surface area contributed by atoms with Crippen LogP contribution in [0.25, 0.3) is 27.1 Å². The normalized spacial score (nSPS) is 11.7. The number of hydrogen-bond acceptors (Lipinski definition) is 2. The molecule has 0 aliphatic rings. The molecule has 100 valence electrons. The Morgan fingerprint density at radius 2 is 1.24 bits per heavy atom. The van der Waals surface area contributed by atoms with Gasteiger partial charge in [-0.05, 0) is 32.0 Å². The summed E-state index contributed by atoms with van der Waals surface area (Å²) in [5, 5.41) is 0. The summed E-state index contributed by atoms with van der Waals surface area (Å²) in [4.78, 5) is 1.16. The topological polar surface area (TPSA) is 25.8 Å². The minimum atomic E-state index is -0.402. The average Bonchev–Trinajstić information content (AvgIpc) is 2.99. The summed E-state index contributed by atoms with van der Waals surface area (Å²) in [5.41, 5.74) is 4.37. The lowest BCUT2D eigenvalue weighted by molar-refractivity contribution is 1.60. The van der Waals surface area contributed by atoms with Gasteiger partial charge in [0, 0.05) is 12.1 Å². The number of aromatic nitrogens is 2. The van der Waals surface area contributed by atoms with Gasteiger partial charge in [-0.2, -0.15) is 0 Å². The second-order valence-corrected chi connectivity index (χ2v) is 6.19. The van der Waals surface area contributed by atoms with Crippen molar-refractivity contribution < 1.29 is 0 Å². The molecule has 0 spiro atoms. The van der Waals surface area contributed by atoms with Crippen molar-refractivity contribution >= 4 is 21.9 Å². The summed E-state index contributed by atoms with van der Waals surface area (Å²) >= 11 is 0. The lowest BCUT2D eigenvalue weighted by Crippen LogP contribution is -1.77. The van der Waals surface area contributed by atoms with E-state index in [1.807, 2.05) is 24.3 Å². The fraction of sp³-hybridized carbons (Fsp3) is 0. The van der Waals surface area contributed by atoms with Crippen LogP contribution in [-0.4, -0.2) is 8.75 Å². The predicted octanol–water partition coefficient (Wildman–Crippen LogP) is 5.04. The predicted molar refractivity (Wildman–Crippen MR) is 88.8 cm³/mol. The highest BCUT2D eigenvalue weighted by atomic mass is 32.2. The van der Waals surface area contributed by atoms with Crippen LogP contribution in [0, 0.1) is 0 Å². The van der Waals surface area contributed by atoms with Crippen molar-refractivity contribution in [3.63, 3.8) is 0 Å². The van der Waals surface area contributed by atoms with E-state index in [9.17, 15) is 0 Å². The van der Waals surface area contributed by atoms with E-state index in [2.05, 4.69) is 54.6 Å². The van der Waals surface area contributed by atoms with Crippen molar-refractivity contribution in [2.45, 2.75) is 0 Å². The molecular weight excluding hydrogens is 276 g/mol. The molecule has 21 heavy (non-hydrogen) atoms. The third-order valence-electron chi connectivity index (χ3n) is 3.41. The molecule has 1 aromatic heterocycles. The number of hydrogen-bond donors (Lipinski definition) is 0.